The quantitative estimate of drug-likeness (QED) is 0.641. The van der Waals surface area contributed by atoms with Crippen LogP contribution in [0.25, 0.3) is 0 Å². The lowest BCUT2D eigenvalue weighted by molar-refractivity contribution is -0.105. The van der Waals surface area contributed by atoms with Gasteiger partial charge in [0.15, 0.2) is 0 Å². The summed E-state index contributed by atoms with van der Waals surface area (Å²) < 4.78 is 0. The molecule has 0 radical (unpaired) electrons. The van der Waals surface area contributed by atoms with Crippen LogP contribution in [0.3, 0.4) is 0 Å². The van der Waals surface area contributed by atoms with Gasteiger partial charge in [-0.15, -0.1) is 0 Å². The summed E-state index contributed by atoms with van der Waals surface area (Å²) in [6, 6.07) is 4.86. The zero-order valence-corrected chi connectivity index (χ0v) is 10.6. The third-order valence-corrected chi connectivity index (χ3v) is 3.32. The van der Waals surface area contributed by atoms with E-state index in [1.54, 1.807) is 30.0 Å². The number of anilines is 1. The highest BCUT2D eigenvalue weighted by atomic mass is 32.2. The van der Waals surface area contributed by atoms with Crippen LogP contribution in [0.1, 0.15) is 20.7 Å². The highest BCUT2D eigenvalue weighted by molar-refractivity contribution is 7.98. The maximum absolute atomic E-state index is 12.1. The Morgan fingerprint density at radius 3 is 2.78 bits per heavy atom. The number of benzene rings is 1. The zero-order chi connectivity index (χ0) is 13.1. The van der Waals surface area contributed by atoms with E-state index in [4.69, 9.17) is 0 Å². The van der Waals surface area contributed by atoms with Gasteiger partial charge in [-0.25, -0.2) is 0 Å². The molecule has 0 spiro atoms. The molecule has 2 rings (SSSR count). The Morgan fingerprint density at radius 2 is 2.11 bits per heavy atom. The van der Waals surface area contributed by atoms with Crippen LogP contribution in [0, 0.1) is 0 Å². The van der Waals surface area contributed by atoms with Crippen LogP contribution in [0.2, 0.25) is 0 Å². The fraction of sp³-hybridized carbons (Fsp3) is 0.250. The molecule has 1 aromatic rings. The van der Waals surface area contributed by atoms with Gasteiger partial charge in [0.1, 0.15) is 0 Å². The second-order valence-electron chi connectivity index (χ2n) is 3.75. The predicted molar refractivity (Wildman–Crippen MR) is 69.9 cm³/mol. The fourth-order valence-corrected chi connectivity index (χ4v) is 2.27. The second-order valence-corrected chi connectivity index (χ2v) is 4.73. The molecule has 1 aliphatic rings. The molecule has 0 saturated carbocycles. The van der Waals surface area contributed by atoms with Crippen LogP contribution >= 0.6 is 11.8 Å². The van der Waals surface area contributed by atoms with Crippen LogP contribution in [-0.4, -0.2) is 41.7 Å². The summed E-state index contributed by atoms with van der Waals surface area (Å²) in [6.07, 6.45) is 2.41. The minimum absolute atomic E-state index is 0.288. The molecule has 0 atom stereocenters. The Balaban J connectivity index is 2.38. The monoisotopic (exact) mass is 264 g/mol. The molecular formula is C12H12N2O3S. The molecule has 0 fully saturated rings. The van der Waals surface area contributed by atoms with Crippen molar-refractivity contribution in [1.82, 2.24) is 4.90 Å². The number of carbonyl (C=O) groups is 3. The lowest BCUT2D eigenvalue weighted by Crippen LogP contribution is -2.31. The summed E-state index contributed by atoms with van der Waals surface area (Å²) in [7, 11) is 0. The number of nitrogens with one attached hydrogen (secondary N) is 1. The largest absolute Gasteiger partial charge is 0.328 e. The van der Waals surface area contributed by atoms with Gasteiger partial charge in [-0.1, -0.05) is 6.07 Å². The molecule has 1 N–H and O–H groups in total. The summed E-state index contributed by atoms with van der Waals surface area (Å²) in [4.78, 5) is 35.9. The molecular weight excluding hydrogens is 252 g/mol. The van der Waals surface area contributed by atoms with Crippen molar-refractivity contribution < 1.29 is 14.4 Å². The number of hydrogen-bond donors (Lipinski definition) is 1. The normalized spacial score (nSPS) is 13.7. The van der Waals surface area contributed by atoms with E-state index in [-0.39, 0.29) is 17.4 Å². The van der Waals surface area contributed by atoms with Crippen LogP contribution in [-0.2, 0) is 4.79 Å². The van der Waals surface area contributed by atoms with Gasteiger partial charge in [0.2, 0.25) is 6.41 Å². The zero-order valence-electron chi connectivity index (χ0n) is 9.80. The van der Waals surface area contributed by atoms with Gasteiger partial charge in [-0.2, -0.15) is 11.8 Å². The van der Waals surface area contributed by atoms with Crippen LogP contribution in [0.4, 0.5) is 5.69 Å². The minimum atomic E-state index is -0.339. The summed E-state index contributed by atoms with van der Waals surface area (Å²) in [5.41, 5.74) is 1.02. The molecule has 5 nitrogen and oxygen atoms in total. The van der Waals surface area contributed by atoms with Crippen molar-refractivity contribution in [3.05, 3.63) is 29.3 Å². The number of hydrogen-bond acceptors (Lipinski definition) is 4. The Kier molecular flexibility index (Phi) is 3.66. The standard InChI is InChI=1S/C12H12N2O3S/c1-18-6-5-14-11(16)8-3-2-4-9(13-7-15)10(8)12(14)17/h2-4,7H,5-6H2,1H3,(H,13,15). The summed E-state index contributed by atoms with van der Waals surface area (Å²) in [6.45, 7) is 0.383. The van der Waals surface area contributed by atoms with Crippen LogP contribution in [0.15, 0.2) is 18.2 Å². The number of amides is 3. The number of thioether (sulfide) groups is 1. The van der Waals surface area contributed by atoms with E-state index in [1.165, 1.54) is 4.90 Å². The Hall–Kier alpha value is -1.82. The molecule has 0 aromatic heterocycles. The fourth-order valence-electron chi connectivity index (χ4n) is 1.90. The lowest BCUT2D eigenvalue weighted by atomic mass is 10.1. The van der Waals surface area contributed by atoms with E-state index in [2.05, 4.69) is 5.32 Å². The maximum Gasteiger partial charge on any atom is 0.263 e. The smallest absolute Gasteiger partial charge is 0.263 e. The molecule has 0 unspecified atom stereocenters. The van der Waals surface area contributed by atoms with E-state index in [0.717, 1.165) is 0 Å². The lowest BCUT2D eigenvalue weighted by Gasteiger charge is -2.12. The van der Waals surface area contributed by atoms with Gasteiger partial charge in [0.25, 0.3) is 11.8 Å². The van der Waals surface area contributed by atoms with E-state index in [0.29, 0.717) is 30.0 Å². The van der Waals surface area contributed by atoms with Crippen molar-refractivity contribution in [3.8, 4) is 0 Å². The average Bonchev–Trinajstić information content (AvgIpc) is 2.61. The van der Waals surface area contributed by atoms with Gasteiger partial charge >= 0.3 is 0 Å². The van der Waals surface area contributed by atoms with E-state index in [1.807, 2.05) is 6.26 Å². The van der Waals surface area contributed by atoms with E-state index < -0.39 is 0 Å². The molecule has 0 saturated heterocycles. The van der Waals surface area contributed by atoms with Gasteiger partial charge in [0.05, 0.1) is 16.8 Å². The minimum Gasteiger partial charge on any atom is -0.328 e. The predicted octanol–water partition coefficient (Wildman–Crippen LogP) is 1.21. The molecule has 18 heavy (non-hydrogen) atoms. The van der Waals surface area contributed by atoms with Gasteiger partial charge in [-0.3, -0.25) is 19.3 Å². The molecule has 94 valence electrons. The first kappa shape index (κ1) is 12.6. The topological polar surface area (TPSA) is 66.5 Å². The Labute approximate surface area is 109 Å². The first-order valence-corrected chi connectivity index (χ1v) is 6.78. The highest BCUT2D eigenvalue weighted by Gasteiger charge is 2.36. The number of rotatable bonds is 5. The third kappa shape index (κ3) is 1.99. The summed E-state index contributed by atoms with van der Waals surface area (Å²) in [5.74, 6) is 0.0645. The molecule has 1 heterocycles. The van der Waals surface area contributed by atoms with E-state index >= 15 is 0 Å². The molecule has 0 bridgehead atoms. The number of nitrogens with zero attached hydrogens (tertiary/aromatic N) is 1. The molecule has 6 heteroatoms. The summed E-state index contributed by atoms with van der Waals surface area (Å²) in [5, 5.41) is 2.45. The van der Waals surface area contributed by atoms with Crippen molar-refractivity contribution >= 4 is 35.7 Å². The van der Waals surface area contributed by atoms with Gasteiger partial charge in [0, 0.05) is 12.3 Å². The maximum atomic E-state index is 12.1. The van der Waals surface area contributed by atoms with Crippen molar-refractivity contribution in [2.24, 2.45) is 0 Å². The molecule has 3 amide bonds. The number of fused-ring (bicyclic) bond motifs is 1. The van der Waals surface area contributed by atoms with E-state index in [9.17, 15) is 14.4 Å². The van der Waals surface area contributed by atoms with Crippen molar-refractivity contribution in [2.75, 3.05) is 23.9 Å². The highest BCUT2D eigenvalue weighted by Crippen LogP contribution is 2.29. The van der Waals surface area contributed by atoms with Crippen molar-refractivity contribution in [3.63, 3.8) is 0 Å². The molecule has 1 aliphatic heterocycles. The first-order valence-electron chi connectivity index (χ1n) is 5.39. The number of carbonyl (C=O) groups excluding carboxylic acids is 3. The van der Waals surface area contributed by atoms with Gasteiger partial charge < -0.3 is 5.32 Å². The van der Waals surface area contributed by atoms with Crippen molar-refractivity contribution in [1.29, 1.82) is 0 Å². The number of imide groups is 1. The Bertz CT molecular complexity index is 516. The average molecular weight is 264 g/mol. The Morgan fingerprint density at radius 1 is 1.33 bits per heavy atom. The second kappa shape index (κ2) is 5.22. The SMILES string of the molecule is CSCCN1C(=O)c2cccc(NC=O)c2C1=O. The van der Waals surface area contributed by atoms with Gasteiger partial charge in [-0.05, 0) is 18.4 Å². The first-order chi connectivity index (χ1) is 8.70. The third-order valence-electron chi connectivity index (χ3n) is 2.73. The van der Waals surface area contributed by atoms with Crippen LogP contribution < -0.4 is 5.32 Å². The molecule has 1 aromatic carbocycles. The molecule has 0 aliphatic carbocycles. The van der Waals surface area contributed by atoms with Crippen molar-refractivity contribution in [2.45, 2.75) is 0 Å². The van der Waals surface area contributed by atoms with Crippen LogP contribution in [0.5, 0.6) is 0 Å². The summed E-state index contributed by atoms with van der Waals surface area (Å²) >= 11 is 1.57.